The average molecular weight is 374 g/mol. The van der Waals surface area contributed by atoms with Gasteiger partial charge in [-0.15, -0.1) is 12.4 Å². The molecule has 0 amide bonds. The van der Waals surface area contributed by atoms with Gasteiger partial charge in [-0.1, -0.05) is 42.5 Å². The first-order valence-corrected chi connectivity index (χ1v) is 8.05. The van der Waals surface area contributed by atoms with Gasteiger partial charge in [-0.3, -0.25) is 0 Å². The molecule has 0 aliphatic carbocycles. The van der Waals surface area contributed by atoms with Gasteiger partial charge < -0.3 is 15.2 Å². The maximum Gasteiger partial charge on any atom is 0.134 e. The summed E-state index contributed by atoms with van der Waals surface area (Å²) in [6.45, 7) is 0.798. The molecule has 26 heavy (non-hydrogen) atoms. The number of hydrogen-bond donors (Lipinski definition) is 1. The summed E-state index contributed by atoms with van der Waals surface area (Å²) in [5, 5.41) is 0. The minimum absolute atomic E-state index is 0. The van der Waals surface area contributed by atoms with Crippen LogP contribution >= 0.6 is 12.4 Å². The lowest BCUT2D eigenvalue weighted by Gasteiger charge is -2.14. The largest absolute Gasteiger partial charge is 0.497 e. The number of nitrogens with two attached hydrogens (primary N) is 1. The Labute approximate surface area is 159 Å². The van der Waals surface area contributed by atoms with Crippen LogP contribution in [0.4, 0.5) is 4.39 Å². The van der Waals surface area contributed by atoms with Gasteiger partial charge in [0.2, 0.25) is 0 Å². The Balaban J connectivity index is 0.00000243. The summed E-state index contributed by atoms with van der Waals surface area (Å²) in [5.41, 5.74) is 8.86. The van der Waals surface area contributed by atoms with Crippen molar-refractivity contribution < 1.29 is 13.9 Å². The van der Waals surface area contributed by atoms with Crippen LogP contribution in [-0.4, -0.2) is 7.11 Å². The highest BCUT2D eigenvalue weighted by molar-refractivity contribution is 5.85. The third-order valence-electron chi connectivity index (χ3n) is 3.99. The molecule has 0 spiro atoms. The number of hydrogen-bond acceptors (Lipinski definition) is 3. The van der Waals surface area contributed by atoms with Gasteiger partial charge in [0, 0.05) is 23.7 Å². The van der Waals surface area contributed by atoms with Gasteiger partial charge in [0.25, 0.3) is 0 Å². The first kappa shape index (κ1) is 19.8. The lowest BCUT2D eigenvalue weighted by molar-refractivity contribution is 0.307. The SMILES string of the molecule is COc1ccc(-c2ccc(CN)cc2OCc2ccccc2)c(F)c1.Cl. The maximum atomic E-state index is 14.5. The molecule has 0 atom stereocenters. The molecule has 0 aromatic heterocycles. The average Bonchev–Trinajstić information content (AvgIpc) is 2.67. The topological polar surface area (TPSA) is 44.5 Å². The van der Waals surface area contributed by atoms with E-state index in [4.69, 9.17) is 15.2 Å². The molecule has 5 heteroatoms. The lowest BCUT2D eigenvalue weighted by Crippen LogP contribution is -2.01. The Morgan fingerprint density at radius 1 is 0.885 bits per heavy atom. The zero-order valence-electron chi connectivity index (χ0n) is 14.4. The molecule has 2 N–H and O–H groups in total. The van der Waals surface area contributed by atoms with E-state index in [0.29, 0.717) is 35.8 Å². The van der Waals surface area contributed by atoms with E-state index in [9.17, 15) is 4.39 Å². The van der Waals surface area contributed by atoms with Crippen molar-refractivity contribution in [3.8, 4) is 22.6 Å². The fourth-order valence-electron chi connectivity index (χ4n) is 2.61. The van der Waals surface area contributed by atoms with Crippen LogP contribution in [0, 0.1) is 5.82 Å². The van der Waals surface area contributed by atoms with E-state index >= 15 is 0 Å². The van der Waals surface area contributed by atoms with Crippen LogP contribution < -0.4 is 15.2 Å². The minimum atomic E-state index is -0.357. The van der Waals surface area contributed by atoms with E-state index in [1.165, 1.54) is 13.2 Å². The molecule has 0 radical (unpaired) electrons. The lowest BCUT2D eigenvalue weighted by atomic mass is 10.0. The smallest absolute Gasteiger partial charge is 0.134 e. The molecule has 0 aliphatic rings. The highest BCUT2D eigenvalue weighted by Gasteiger charge is 2.13. The van der Waals surface area contributed by atoms with Gasteiger partial charge in [0.1, 0.15) is 23.9 Å². The van der Waals surface area contributed by atoms with Crippen molar-refractivity contribution in [2.45, 2.75) is 13.2 Å². The Hall–Kier alpha value is -2.56. The van der Waals surface area contributed by atoms with Gasteiger partial charge >= 0.3 is 0 Å². The zero-order chi connectivity index (χ0) is 17.6. The summed E-state index contributed by atoms with van der Waals surface area (Å²) in [4.78, 5) is 0. The fraction of sp³-hybridized carbons (Fsp3) is 0.143. The molecule has 0 saturated carbocycles. The van der Waals surface area contributed by atoms with Crippen molar-refractivity contribution in [1.82, 2.24) is 0 Å². The Morgan fingerprint density at radius 3 is 2.27 bits per heavy atom. The summed E-state index contributed by atoms with van der Waals surface area (Å²) in [5.74, 6) is 0.729. The number of rotatable bonds is 6. The molecule has 136 valence electrons. The van der Waals surface area contributed by atoms with Crippen molar-refractivity contribution in [1.29, 1.82) is 0 Å². The van der Waals surface area contributed by atoms with Gasteiger partial charge in [0.15, 0.2) is 0 Å². The summed E-state index contributed by atoms with van der Waals surface area (Å²) >= 11 is 0. The number of ether oxygens (including phenoxy) is 2. The van der Waals surface area contributed by atoms with Crippen LogP contribution in [0.5, 0.6) is 11.5 Å². The molecule has 0 heterocycles. The van der Waals surface area contributed by atoms with Crippen LogP contribution in [0.15, 0.2) is 66.7 Å². The predicted octanol–water partition coefficient (Wildman–Crippen LogP) is 4.96. The molecule has 3 rings (SSSR count). The minimum Gasteiger partial charge on any atom is -0.497 e. The van der Waals surface area contributed by atoms with E-state index in [0.717, 1.165) is 11.1 Å². The normalized spacial score (nSPS) is 10.1. The molecule has 0 saturated heterocycles. The van der Waals surface area contributed by atoms with E-state index in [-0.39, 0.29) is 18.2 Å². The molecular formula is C21H21ClFNO2. The second-order valence-electron chi connectivity index (χ2n) is 5.65. The van der Waals surface area contributed by atoms with Gasteiger partial charge in [0.05, 0.1) is 7.11 Å². The quantitative estimate of drug-likeness (QED) is 0.664. The summed E-state index contributed by atoms with van der Waals surface area (Å²) in [7, 11) is 1.51. The van der Waals surface area contributed by atoms with E-state index < -0.39 is 0 Å². The molecule has 0 unspecified atom stereocenters. The molecule has 0 bridgehead atoms. The first-order chi connectivity index (χ1) is 12.2. The molecule has 0 fully saturated rings. The molecule has 3 nitrogen and oxygen atoms in total. The first-order valence-electron chi connectivity index (χ1n) is 8.05. The molecule has 3 aromatic carbocycles. The van der Waals surface area contributed by atoms with Crippen LogP contribution in [0.3, 0.4) is 0 Å². The number of methoxy groups -OCH3 is 1. The van der Waals surface area contributed by atoms with Crippen LogP contribution in [0.25, 0.3) is 11.1 Å². The van der Waals surface area contributed by atoms with E-state index in [1.807, 2.05) is 48.5 Å². The van der Waals surface area contributed by atoms with Gasteiger partial charge in [-0.25, -0.2) is 4.39 Å². The van der Waals surface area contributed by atoms with Crippen molar-refractivity contribution in [2.24, 2.45) is 5.73 Å². The zero-order valence-corrected chi connectivity index (χ0v) is 15.3. The van der Waals surface area contributed by atoms with Crippen molar-refractivity contribution >= 4 is 12.4 Å². The van der Waals surface area contributed by atoms with Gasteiger partial charge in [-0.05, 0) is 29.3 Å². The molecule has 0 aliphatic heterocycles. The van der Waals surface area contributed by atoms with Crippen LogP contribution in [0.2, 0.25) is 0 Å². The second-order valence-corrected chi connectivity index (χ2v) is 5.65. The van der Waals surface area contributed by atoms with Crippen molar-refractivity contribution in [2.75, 3.05) is 7.11 Å². The van der Waals surface area contributed by atoms with E-state index in [2.05, 4.69) is 0 Å². The predicted molar refractivity (Wildman–Crippen MR) is 104 cm³/mol. The third kappa shape index (κ3) is 4.54. The highest BCUT2D eigenvalue weighted by atomic mass is 35.5. The standard InChI is InChI=1S/C21H20FNO2.ClH/c1-24-17-8-10-18(20(22)12-17)19-9-7-16(13-23)11-21(19)25-14-15-5-3-2-4-6-15;/h2-12H,13-14,23H2,1H3;1H. The molecule has 3 aromatic rings. The Morgan fingerprint density at radius 2 is 1.62 bits per heavy atom. The number of benzene rings is 3. The Kier molecular flexibility index (Phi) is 7.01. The molecular weight excluding hydrogens is 353 g/mol. The maximum absolute atomic E-state index is 14.5. The van der Waals surface area contributed by atoms with Gasteiger partial charge in [-0.2, -0.15) is 0 Å². The fourth-order valence-corrected chi connectivity index (χ4v) is 2.61. The summed E-state index contributed by atoms with van der Waals surface area (Å²) in [6.07, 6.45) is 0. The summed E-state index contributed by atoms with van der Waals surface area (Å²) < 4.78 is 25.5. The highest BCUT2D eigenvalue weighted by Crippen LogP contribution is 2.34. The van der Waals surface area contributed by atoms with Crippen molar-refractivity contribution in [3.05, 3.63) is 83.7 Å². The third-order valence-corrected chi connectivity index (χ3v) is 3.99. The van der Waals surface area contributed by atoms with Crippen molar-refractivity contribution in [3.63, 3.8) is 0 Å². The van der Waals surface area contributed by atoms with E-state index in [1.54, 1.807) is 12.1 Å². The van der Waals surface area contributed by atoms with Crippen LogP contribution in [-0.2, 0) is 13.2 Å². The number of halogens is 2. The Bertz CT molecular complexity index is 856. The summed E-state index contributed by atoms with van der Waals surface area (Å²) in [6, 6.07) is 20.2. The van der Waals surface area contributed by atoms with Crippen LogP contribution in [0.1, 0.15) is 11.1 Å². The monoisotopic (exact) mass is 373 g/mol. The second kappa shape index (κ2) is 9.22.